The summed E-state index contributed by atoms with van der Waals surface area (Å²) in [7, 11) is 1.66. The van der Waals surface area contributed by atoms with E-state index in [9.17, 15) is 14.7 Å². The fraction of sp³-hybridized carbons (Fsp3) is 0.256. The lowest BCUT2D eigenvalue weighted by Crippen LogP contribution is -2.35. The maximum atomic E-state index is 14.1. The Labute approximate surface area is 274 Å². The summed E-state index contributed by atoms with van der Waals surface area (Å²) >= 11 is 0. The number of benzene rings is 3. The summed E-state index contributed by atoms with van der Waals surface area (Å²) in [5.41, 5.74) is 7.08. The van der Waals surface area contributed by atoms with Crippen LogP contribution in [0.15, 0.2) is 114 Å². The number of pyridine rings is 1. The van der Waals surface area contributed by atoms with Gasteiger partial charge in [-0.1, -0.05) is 42.5 Å². The monoisotopic (exact) mass is 627 g/mol. The maximum Gasteiger partial charge on any atom is 0.238 e. The van der Waals surface area contributed by atoms with Crippen LogP contribution >= 0.6 is 0 Å². The van der Waals surface area contributed by atoms with E-state index in [2.05, 4.69) is 10.3 Å². The number of aromatic hydroxyl groups is 1. The fourth-order valence-electron chi connectivity index (χ4n) is 7.33. The van der Waals surface area contributed by atoms with Crippen molar-refractivity contribution in [3.05, 3.63) is 126 Å². The van der Waals surface area contributed by atoms with Crippen molar-refractivity contribution in [1.29, 1.82) is 0 Å². The molecule has 47 heavy (non-hydrogen) atoms. The number of ether oxygens (including phenoxy) is 2. The Morgan fingerprint density at radius 2 is 1.68 bits per heavy atom. The number of allylic oxidation sites excluding steroid dienone is 1. The quantitative estimate of drug-likeness (QED) is 0.144. The Bertz CT molecular complexity index is 1820. The summed E-state index contributed by atoms with van der Waals surface area (Å²) < 4.78 is 12.1. The number of phenols is 1. The first-order valence-electron chi connectivity index (χ1n) is 16.0. The standard InChI is InChI=1S/C39H37N3O5/c1-46-23-27-22-31-37(39(45)42(38(31)44)30-17-15-29(16-18-30)41-28-10-3-2-4-11-28)32-24-47-35(36(27)32)19-14-25(33-12-7-8-20-40-33)21-26-9-5-6-13-34(26)43/h2-13,15-18,20-21,31-32,35,37,41,43H,14,19,22-24H2,1H3/b25-21-/t31-,32+,35-,37-/m1/s1. The van der Waals surface area contributed by atoms with Gasteiger partial charge < -0.3 is 19.9 Å². The van der Waals surface area contributed by atoms with Gasteiger partial charge >= 0.3 is 0 Å². The molecule has 8 heteroatoms. The predicted molar refractivity (Wildman–Crippen MR) is 182 cm³/mol. The van der Waals surface area contributed by atoms with E-state index in [0.29, 0.717) is 38.2 Å². The van der Waals surface area contributed by atoms with Crippen molar-refractivity contribution in [1.82, 2.24) is 4.98 Å². The highest BCUT2D eigenvalue weighted by Crippen LogP contribution is 2.51. The largest absolute Gasteiger partial charge is 0.507 e. The minimum atomic E-state index is -0.475. The molecule has 3 heterocycles. The number of nitrogens with zero attached hydrogens (tertiary/aromatic N) is 2. The Hall–Kier alpha value is -5.05. The molecule has 4 atom stereocenters. The van der Waals surface area contributed by atoms with Crippen LogP contribution in [0.1, 0.15) is 30.5 Å². The molecule has 3 aliphatic rings. The van der Waals surface area contributed by atoms with Gasteiger partial charge in [-0.3, -0.25) is 19.5 Å². The summed E-state index contributed by atoms with van der Waals surface area (Å²) in [6.45, 7) is 0.764. The van der Waals surface area contributed by atoms with E-state index in [1.165, 1.54) is 4.90 Å². The molecule has 3 aromatic carbocycles. The molecule has 0 radical (unpaired) electrons. The summed E-state index contributed by atoms with van der Waals surface area (Å²) in [5.74, 6) is -1.24. The number of hydrogen-bond donors (Lipinski definition) is 2. The molecule has 0 bridgehead atoms. The molecule has 7 rings (SSSR count). The Morgan fingerprint density at radius 3 is 2.43 bits per heavy atom. The number of amides is 2. The molecule has 2 saturated heterocycles. The zero-order valence-corrected chi connectivity index (χ0v) is 26.2. The van der Waals surface area contributed by atoms with E-state index < -0.39 is 11.8 Å². The van der Waals surface area contributed by atoms with E-state index in [0.717, 1.165) is 39.4 Å². The first kappa shape index (κ1) is 30.6. The third-order valence-corrected chi connectivity index (χ3v) is 9.45. The van der Waals surface area contributed by atoms with Crippen LogP contribution in [0.2, 0.25) is 0 Å². The normalized spacial score (nSPS) is 22.4. The molecule has 2 aliphatic heterocycles. The zero-order chi connectivity index (χ0) is 32.3. The topological polar surface area (TPSA) is 101 Å². The second kappa shape index (κ2) is 13.4. The number of carbonyl (C=O) groups is 2. The predicted octanol–water partition coefficient (Wildman–Crippen LogP) is 7.02. The highest BCUT2D eigenvalue weighted by Gasteiger charge is 2.57. The number of rotatable bonds is 10. The van der Waals surface area contributed by atoms with Crippen LogP contribution in [0.25, 0.3) is 11.6 Å². The van der Waals surface area contributed by atoms with Gasteiger partial charge in [-0.2, -0.15) is 0 Å². The van der Waals surface area contributed by atoms with Crippen LogP contribution in [-0.4, -0.2) is 48.3 Å². The summed E-state index contributed by atoms with van der Waals surface area (Å²) in [6, 6.07) is 30.3. The minimum absolute atomic E-state index is 0.164. The van der Waals surface area contributed by atoms with Crippen molar-refractivity contribution in [2.24, 2.45) is 17.8 Å². The number of carbonyl (C=O) groups excluding carboxylic acids is 2. The number of anilines is 3. The molecule has 2 N–H and O–H groups in total. The van der Waals surface area contributed by atoms with Crippen molar-refractivity contribution in [3.8, 4) is 5.75 Å². The number of methoxy groups -OCH3 is 1. The van der Waals surface area contributed by atoms with E-state index >= 15 is 0 Å². The van der Waals surface area contributed by atoms with Crippen LogP contribution in [0.5, 0.6) is 5.75 Å². The second-order valence-corrected chi connectivity index (χ2v) is 12.3. The van der Waals surface area contributed by atoms with Gasteiger partial charge in [-0.25, -0.2) is 0 Å². The molecule has 8 nitrogen and oxygen atoms in total. The van der Waals surface area contributed by atoms with Crippen molar-refractivity contribution in [2.45, 2.75) is 25.4 Å². The van der Waals surface area contributed by atoms with Crippen LogP contribution in [0, 0.1) is 17.8 Å². The van der Waals surface area contributed by atoms with Crippen molar-refractivity contribution in [2.75, 3.05) is 30.5 Å². The third-order valence-electron chi connectivity index (χ3n) is 9.45. The maximum absolute atomic E-state index is 14.1. The lowest BCUT2D eigenvalue weighted by atomic mass is 9.69. The van der Waals surface area contributed by atoms with Crippen molar-refractivity contribution in [3.63, 3.8) is 0 Å². The van der Waals surface area contributed by atoms with Crippen molar-refractivity contribution >= 4 is 40.5 Å². The molecule has 0 spiro atoms. The Morgan fingerprint density at radius 1 is 0.936 bits per heavy atom. The molecule has 2 amide bonds. The smallest absolute Gasteiger partial charge is 0.238 e. The Balaban J connectivity index is 1.12. The molecule has 1 aromatic heterocycles. The van der Waals surface area contributed by atoms with E-state index in [1.807, 2.05) is 91.0 Å². The van der Waals surface area contributed by atoms with Gasteiger partial charge in [0.2, 0.25) is 11.8 Å². The number of aromatic nitrogens is 1. The number of fused-ring (bicyclic) bond motifs is 3. The Kier molecular flexibility index (Phi) is 8.70. The van der Waals surface area contributed by atoms with E-state index in [4.69, 9.17) is 9.47 Å². The van der Waals surface area contributed by atoms with E-state index in [1.54, 1.807) is 25.4 Å². The average Bonchev–Trinajstić information content (AvgIpc) is 3.63. The molecule has 0 saturated carbocycles. The number of hydrogen-bond acceptors (Lipinski definition) is 7. The number of imide groups is 1. The van der Waals surface area contributed by atoms with Gasteiger partial charge in [0, 0.05) is 36.2 Å². The molecule has 2 fully saturated rings. The second-order valence-electron chi connectivity index (χ2n) is 12.3. The van der Waals surface area contributed by atoms with Crippen LogP contribution in [0.3, 0.4) is 0 Å². The minimum Gasteiger partial charge on any atom is -0.507 e. The molecule has 1 aliphatic carbocycles. The molecular weight excluding hydrogens is 590 g/mol. The van der Waals surface area contributed by atoms with Crippen molar-refractivity contribution < 1.29 is 24.2 Å². The number of para-hydroxylation sites is 2. The molecular formula is C39H37N3O5. The molecule has 0 unspecified atom stereocenters. The first-order chi connectivity index (χ1) is 23.0. The van der Waals surface area contributed by atoms with Gasteiger partial charge in [0.15, 0.2) is 0 Å². The number of phenolic OH excluding ortho intramolecular Hbond substituents is 1. The average molecular weight is 628 g/mol. The summed E-state index contributed by atoms with van der Waals surface area (Å²) in [5, 5.41) is 13.8. The van der Waals surface area contributed by atoms with Gasteiger partial charge in [0.1, 0.15) is 5.75 Å². The lowest BCUT2D eigenvalue weighted by molar-refractivity contribution is -0.122. The van der Waals surface area contributed by atoms with Crippen LogP contribution in [0.4, 0.5) is 17.1 Å². The highest BCUT2D eigenvalue weighted by molar-refractivity contribution is 6.22. The first-order valence-corrected chi connectivity index (χ1v) is 16.0. The molecule has 4 aromatic rings. The SMILES string of the molecule is COCC1=C2[C@@H](CC/C(=C/c3ccccc3O)c3ccccn3)OC[C@@H]2[C@@H]2C(=O)N(c3ccc(Nc4ccccc4)cc3)C(=O)[C@@H]2C1. The van der Waals surface area contributed by atoms with Gasteiger partial charge in [0.25, 0.3) is 0 Å². The fourth-order valence-corrected chi connectivity index (χ4v) is 7.33. The zero-order valence-electron chi connectivity index (χ0n) is 26.2. The van der Waals surface area contributed by atoms with E-state index in [-0.39, 0.29) is 29.6 Å². The van der Waals surface area contributed by atoms with Gasteiger partial charge in [-0.15, -0.1) is 0 Å². The highest BCUT2D eigenvalue weighted by atomic mass is 16.5. The van der Waals surface area contributed by atoms with Crippen LogP contribution < -0.4 is 10.2 Å². The molecule has 238 valence electrons. The third kappa shape index (κ3) is 6.10. The lowest BCUT2D eigenvalue weighted by Gasteiger charge is -2.31. The van der Waals surface area contributed by atoms with Gasteiger partial charge in [0.05, 0.1) is 42.5 Å². The van der Waals surface area contributed by atoms with Crippen LogP contribution in [-0.2, 0) is 19.1 Å². The summed E-state index contributed by atoms with van der Waals surface area (Å²) in [4.78, 5) is 33.9. The number of nitrogens with one attached hydrogen (secondary N) is 1. The summed E-state index contributed by atoms with van der Waals surface area (Å²) in [6.07, 6.45) is 5.29. The van der Waals surface area contributed by atoms with Gasteiger partial charge in [-0.05, 0) is 96.7 Å².